The van der Waals surface area contributed by atoms with Gasteiger partial charge in [-0.05, 0) is 41.8 Å². The second-order valence-electron chi connectivity index (χ2n) is 5.26. The molecule has 3 N–H and O–H groups in total. The normalized spacial score (nSPS) is 23.8. The van der Waals surface area contributed by atoms with Crippen LogP contribution < -0.4 is 5.32 Å². The predicted molar refractivity (Wildman–Crippen MR) is 73.4 cm³/mol. The van der Waals surface area contributed by atoms with E-state index in [1.807, 2.05) is 6.20 Å². The van der Waals surface area contributed by atoms with Crippen LogP contribution in [-0.4, -0.2) is 22.7 Å². The lowest BCUT2D eigenvalue weighted by Crippen LogP contribution is -2.33. The third-order valence-corrected chi connectivity index (χ3v) is 4.08. The number of fused-ring (bicyclic) bond motifs is 1. The molecule has 1 aliphatic carbocycles. The second-order valence-corrected chi connectivity index (χ2v) is 5.26. The van der Waals surface area contributed by atoms with Crippen LogP contribution in [0.3, 0.4) is 0 Å². The van der Waals surface area contributed by atoms with Crippen molar-refractivity contribution in [3.8, 4) is 0 Å². The Balaban J connectivity index is 1.65. The van der Waals surface area contributed by atoms with Gasteiger partial charge >= 0.3 is 0 Å². The van der Waals surface area contributed by atoms with Gasteiger partial charge in [-0.15, -0.1) is 0 Å². The monoisotopic (exact) mass is 244 g/mol. The zero-order valence-electron chi connectivity index (χ0n) is 10.5. The van der Waals surface area contributed by atoms with Crippen molar-refractivity contribution in [3.05, 3.63) is 36.0 Å². The van der Waals surface area contributed by atoms with Gasteiger partial charge in [0.05, 0.1) is 0 Å². The zero-order valence-corrected chi connectivity index (χ0v) is 10.5. The molecule has 0 radical (unpaired) electrons. The number of H-pyrrole nitrogens is 1. The Morgan fingerprint density at radius 1 is 1.28 bits per heavy atom. The highest BCUT2D eigenvalue weighted by molar-refractivity contribution is 5.79. The molecule has 2 unspecified atom stereocenters. The summed E-state index contributed by atoms with van der Waals surface area (Å²) in [6.07, 6.45) is 5.55. The molecule has 0 amide bonds. The Morgan fingerprint density at radius 2 is 2.22 bits per heavy atom. The maximum absolute atomic E-state index is 9.30. The Bertz CT molecular complexity index is 520. The minimum Gasteiger partial charge on any atom is -0.396 e. The summed E-state index contributed by atoms with van der Waals surface area (Å²) in [5, 5.41) is 14.1. The number of aliphatic hydroxyl groups excluding tert-OH is 1. The van der Waals surface area contributed by atoms with Crippen LogP contribution in [0.4, 0.5) is 0 Å². The van der Waals surface area contributed by atoms with Crippen LogP contribution in [-0.2, 0) is 6.54 Å². The molecule has 3 nitrogen and oxygen atoms in total. The van der Waals surface area contributed by atoms with Crippen molar-refractivity contribution >= 4 is 10.9 Å². The molecule has 0 aliphatic heterocycles. The fourth-order valence-electron chi connectivity index (χ4n) is 2.98. The molecular weight excluding hydrogens is 224 g/mol. The highest BCUT2D eigenvalue weighted by Crippen LogP contribution is 2.25. The fraction of sp³-hybridized carbons (Fsp3) is 0.467. The van der Waals surface area contributed by atoms with Crippen LogP contribution in [0.25, 0.3) is 10.9 Å². The van der Waals surface area contributed by atoms with E-state index in [9.17, 15) is 5.11 Å². The van der Waals surface area contributed by atoms with E-state index in [1.54, 1.807) is 0 Å². The summed E-state index contributed by atoms with van der Waals surface area (Å²) in [5.41, 5.74) is 2.49. The minimum absolute atomic E-state index is 0.313. The van der Waals surface area contributed by atoms with E-state index in [0.29, 0.717) is 18.6 Å². The number of aromatic amines is 1. The maximum Gasteiger partial charge on any atom is 0.0474 e. The van der Waals surface area contributed by atoms with E-state index in [-0.39, 0.29) is 0 Å². The molecule has 2 aromatic rings. The van der Waals surface area contributed by atoms with Crippen LogP contribution in [0.1, 0.15) is 24.8 Å². The summed E-state index contributed by atoms with van der Waals surface area (Å²) in [5.74, 6) is 0.444. The predicted octanol–water partition coefficient (Wildman–Crippen LogP) is 2.42. The van der Waals surface area contributed by atoms with Crippen molar-refractivity contribution in [1.82, 2.24) is 10.3 Å². The van der Waals surface area contributed by atoms with Crippen LogP contribution in [0.5, 0.6) is 0 Å². The average Bonchev–Trinajstić information content (AvgIpc) is 3.04. The Labute approximate surface area is 107 Å². The number of aromatic nitrogens is 1. The lowest BCUT2D eigenvalue weighted by atomic mass is 10.0. The molecule has 0 spiro atoms. The minimum atomic E-state index is 0.313. The summed E-state index contributed by atoms with van der Waals surface area (Å²) in [4.78, 5) is 3.24. The van der Waals surface area contributed by atoms with Crippen LogP contribution in [0.15, 0.2) is 30.5 Å². The highest BCUT2D eigenvalue weighted by atomic mass is 16.3. The topological polar surface area (TPSA) is 48.0 Å². The first-order chi connectivity index (χ1) is 8.86. The number of aliphatic hydroxyl groups is 1. The number of nitrogens with one attached hydrogen (secondary N) is 2. The molecule has 1 saturated carbocycles. The van der Waals surface area contributed by atoms with E-state index in [0.717, 1.165) is 13.0 Å². The van der Waals surface area contributed by atoms with E-state index in [1.165, 1.54) is 29.3 Å². The van der Waals surface area contributed by atoms with Crippen molar-refractivity contribution in [2.24, 2.45) is 5.92 Å². The summed E-state index contributed by atoms with van der Waals surface area (Å²) in [7, 11) is 0. The van der Waals surface area contributed by atoms with E-state index >= 15 is 0 Å². The van der Waals surface area contributed by atoms with Crippen molar-refractivity contribution in [2.45, 2.75) is 31.8 Å². The first kappa shape index (κ1) is 11.8. The van der Waals surface area contributed by atoms with Gasteiger partial charge in [-0.1, -0.05) is 18.6 Å². The SMILES string of the molecule is OCC1CCCC1NCc1ccc2cc[nH]c2c1. The largest absolute Gasteiger partial charge is 0.396 e. The first-order valence-corrected chi connectivity index (χ1v) is 6.77. The average molecular weight is 244 g/mol. The highest BCUT2D eigenvalue weighted by Gasteiger charge is 2.25. The lowest BCUT2D eigenvalue weighted by molar-refractivity contribution is 0.205. The number of benzene rings is 1. The van der Waals surface area contributed by atoms with Crippen LogP contribution in [0.2, 0.25) is 0 Å². The van der Waals surface area contributed by atoms with Crippen molar-refractivity contribution in [3.63, 3.8) is 0 Å². The van der Waals surface area contributed by atoms with E-state index < -0.39 is 0 Å². The summed E-state index contributed by atoms with van der Waals surface area (Å²) in [6, 6.07) is 9.10. The second kappa shape index (κ2) is 5.12. The Morgan fingerprint density at radius 3 is 3.11 bits per heavy atom. The summed E-state index contributed by atoms with van der Waals surface area (Å²) >= 11 is 0. The third kappa shape index (κ3) is 2.28. The molecule has 3 rings (SSSR count). The molecule has 0 bridgehead atoms. The van der Waals surface area contributed by atoms with Crippen molar-refractivity contribution in [1.29, 1.82) is 0 Å². The standard InChI is InChI=1S/C15H20N2O/c18-10-13-2-1-3-14(13)17-9-11-4-5-12-6-7-16-15(12)8-11/h4-8,13-14,16-18H,1-3,9-10H2. The molecule has 2 atom stereocenters. The molecule has 1 aromatic carbocycles. The molecule has 1 aliphatic rings. The van der Waals surface area contributed by atoms with Gasteiger partial charge < -0.3 is 15.4 Å². The van der Waals surface area contributed by atoms with E-state index in [4.69, 9.17) is 0 Å². The Kier molecular flexibility index (Phi) is 3.35. The lowest BCUT2D eigenvalue weighted by Gasteiger charge is -2.19. The van der Waals surface area contributed by atoms with Crippen molar-refractivity contribution < 1.29 is 5.11 Å². The first-order valence-electron chi connectivity index (χ1n) is 6.77. The van der Waals surface area contributed by atoms with Crippen LogP contribution >= 0.6 is 0 Å². The molecule has 0 saturated heterocycles. The number of rotatable bonds is 4. The van der Waals surface area contributed by atoms with Gasteiger partial charge in [0, 0.05) is 30.9 Å². The van der Waals surface area contributed by atoms with Gasteiger partial charge in [-0.3, -0.25) is 0 Å². The quantitative estimate of drug-likeness (QED) is 0.773. The van der Waals surface area contributed by atoms with Gasteiger partial charge in [0.15, 0.2) is 0 Å². The molecular formula is C15H20N2O. The number of hydrogen-bond acceptors (Lipinski definition) is 2. The summed E-state index contributed by atoms with van der Waals surface area (Å²) < 4.78 is 0. The third-order valence-electron chi connectivity index (χ3n) is 4.08. The van der Waals surface area contributed by atoms with E-state index in [2.05, 4.69) is 34.6 Å². The smallest absolute Gasteiger partial charge is 0.0474 e. The van der Waals surface area contributed by atoms with Gasteiger partial charge in [-0.2, -0.15) is 0 Å². The van der Waals surface area contributed by atoms with Crippen LogP contribution in [0, 0.1) is 5.92 Å². The molecule has 1 aromatic heterocycles. The molecule has 3 heteroatoms. The zero-order chi connectivity index (χ0) is 12.4. The van der Waals surface area contributed by atoms with Gasteiger partial charge in [0.25, 0.3) is 0 Å². The molecule has 1 fully saturated rings. The van der Waals surface area contributed by atoms with Gasteiger partial charge in [0.1, 0.15) is 0 Å². The molecule has 1 heterocycles. The number of hydrogen-bond donors (Lipinski definition) is 3. The van der Waals surface area contributed by atoms with Crippen molar-refractivity contribution in [2.75, 3.05) is 6.61 Å². The maximum atomic E-state index is 9.30. The fourth-order valence-corrected chi connectivity index (χ4v) is 2.98. The van der Waals surface area contributed by atoms with Gasteiger partial charge in [-0.25, -0.2) is 0 Å². The summed E-state index contributed by atoms with van der Waals surface area (Å²) in [6.45, 7) is 1.20. The molecule has 96 valence electrons. The molecule has 18 heavy (non-hydrogen) atoms. The van der Waals surface area contributed by atoms with Gasteiger partial charge in [0.2, 0.25) is 0 Å². The Hall–Kier alpha value is -1.32.